The third-order valence-corrected chi connectivity index (χ3v) is 6.41. The van der Waals surface area contributed by atoms with Crippen molar-refractivity contribution in [2.24, 2.45) is 0 Å². The second kappa shape index (κ2) is 6.96. The lowest BCUT2D eigenvalue weighted by Crippen LogP contribution is -2.36. The van der Waals surface area contributed by atoms with Crippen LogP contribution < -0.4 is 5.19 Å². The fourth-order valence-electron chi connectivity index (χ4n) is 3.51. The first-order chi connectivity index (χ1) is 12.3. The minimum Gasteiger partial charge on any atom is -0.390 e. The quantitative estimate of drug-likeness (QED) is 0.378. The predicted octanol–water partition coefficient (Wildman–Crippen LogP) is 4.91. The summed E-state index contributed by atoms with van der Waals surface area (Å²) in [6.07, 6.45) is 0. The fourth-order valence-corrected chi connectivity index (χ4v) is 4.93. The Labute approximate surface area is 149 Å². The highest BCUT2D eigenvalue weighted by Crippen LogP contribution is 2.34. The minimum atomic E-state index is -1.43. The zero-order valence-corrected chi connectivity index (χ0v) is 15.6. The molecule has 25 heavy (non-hydrogen) atoms. The van der Waals surface area contributed by atoms with Gasteiger partial charge in [0.1, 0.15) is 0 Å². The Bertz CT molecular complexity index is 1000. The average Bonchev–Trinajstić information content (AvgIpc) is 2.68. The van der Waals surface area contributed by atoms with Crippen LogP contribution >= 0.6 is 0 Å². The molecular weight excluding hydrogens is 324 g/mol. The van der Waals surface area contributed by atoms with Crippen LogP contribution in [0, 0.1) is 0 Å². The van der Waals surface area contributed by atoms with Crippen molar-refractivity contribution in [1.29, 1.82) is 0 Å². The van der Waals surface area contributed by atoms with E-state index in [1.54, 1.807) is 0 Å². The highest BCUT2D eigenvalue weighted by Gasteiger charge is 2.19. The van der Waals surface area contributed by atoms with Crippen molar-refractivity contribution >= 4 is 46.8 Å². The van der Waals surface area contributed by atoms with Crippen molar-refractivity contribution in [3.8, 4) is 0 Å². The van der Waals surface area contributed by atoms with Gasteiger partial charge in [0.05, 0.1) is 0 Å². The number of hydrogen-bond acceptors (Lipinski definition) is 2. The van der Waals surface area contributed by atoms with Gasteiger partial charge in [-0.3, -0.25) is 0 Å². The molecule has 0 N–H and O–H groups in total. The molecule has 4 aromatic rings. The molecule has 0 spiro atoms. The number of hydrogen-bond donors (Lipinski definition) is 0. The van der Waals surface area contributed by atoms with Gasteiger partial charge < -0.3 is 8.85 Å². The summed E-state index contributed by atoms with van der Waals surface area (Å²) in [4.78, 5) is 0. The molecule has 1 radical (unpaired) electrons. The molecule has 0 aliphatic heterocycles. The first-order valence-electron chi connectivity index (χ1n) is 8.79. The summed E-state index contributed by atoms with van der Waals surface area (Å²) in [5.41, 5.74) is 0. The first kappa shape index (κ1) is 16.3. The maximum atomic E-state index is 5.90. The molecule has 0 aliphatic carbocycles. The molecule has 3 heteroatoms. The highest BCUT2D eigenvalue weighted by atomic mass is 28.3. The minimum absolute atomic E-state index is 0.671. The standard InChI is InChI=1S/C22H21O2Si/c1-3-23-25(24-4-2)16-13-14-21-19-11-6-5-9-17(19)18-10-7-8-12-20(18)22(21)15-16/h5-15H,3-4H2,1-2H3. The summed E-state index contributed by atoms with van der Waals surface area (Å²) >= 11 is 0. The van der Waals surface area contributed by atoms with E-state index in [4.69, 9.17) is 8.85 Å². The van der Waals surface area contributed by atoms with Crippen LogP contribution in [-0.2, 0) is 8.85 Å². The van der Waals surface area contributed by atoms with Crippen LogP contribution in [0.3, 0.4) is 0 Å². The molecule has 4 rings (SSSR count). The molecule has 125 valence electrons. The topological polar surface area (TPSA) is 18.5 Å². The van der Waals surface area contributed by atoms with Crippen molar-refractivity contribution in [2.75, 3.05) is 13.2 Å². The van der Waals surface area contributed by atoms with E-state index in [-0.39, 0.29) is 0 Å². The Morgan fingerprint density at radius 2 is 1.04 bits per heavy atom. The van der Waals surface area contributed by atoms with Crippen LogP contribution in [0.1, 0.15) is 13.8 Å². The van der Waals surface area contributed by atoms with Gasteiger partial charge in [-0.1, -0.05) is 60.7 Å². The maximum absolute atomic E-state index is 5.90. The van der Waals surface area contributed by atoms with Gasteiger partial charge in [0.25, 0.3) is 0 Å². The van der Waals surface area contributed by atoms with Gasteiger partial charge >= 0.3 is 9.28 Å². The SMILES string of the molecule is CCO[Si](OCC)c1ccc2c3ccccc3c3ccccc3c2c1. The van der Waals surface area contributed by atoms with E-state index in [2.05, 4.69) is 66.7 Å². The third kappa shape index (κ3) is 2.84. The molecule has 0 saturated carbocycles. The van der Waals surface area contributed by atoms with Gasteiger partial charge in [-0.15, -0.1) is 0 Å². The second-order valence-electron chi connectivity index (χ2n) is 6.01. The van der Waals surface area contributed by atoms with Gasteiger partial charge in [-0.25, -0.2) is 0 Å². The van der Waals surface area contributed by atoms with Gasteiger partial charge in [0.2, 0.25) is 0 Å². The summed E-state index contributed by atoms with van der Waals surface area (Å²) in [5.74, 6) is 0. The number of fused-ring (bicyclic) bond motifs is 6. The van der Waals surface area contributed by atoms with Crippen LogP contribution in [0.5, 0.6) is 0 Å². The van der Waals surface area contributed by atoms with Crippen LogP contribution in [-0.4, -0.2) is 22.5 Å². The van der Waals surface area contributed by atoms with Crippen molar-refractivity contribution in [3.05, 3.63) is 66.7 Å². The molecule has 0 bridgehead atoms. The Kier molecular flexibility index (Phi) is 4.53. The Hall–Kier alpha value is -2.20. The van der Waals surface area contributed by atoms with Gasteiger partial charge in [-0.2, -0.15) is 0 Å². The molecule has 0 atom stereocenters. The lowest BCUT2D eigenvalue weighted by molar-refractivity contribution is 0.225. The fraction of sp³-hybridized carbons (Fsp3) is 0.182. The number of rotatable bonds is 5. The van der Waals surface area contributed by atoms with Gasteiger partial charge in [0.15, 0.2) is 0 Å². The summed E-state index contributed by atoms with van der Waals surface area (Å²) in [6, 6.07) is 23.9. The van der Waals surface area contributed by atoms with E-state index in [1.807, 2.05) is 13.8 Å². The largest absolute Gasteiger partial charge is 0.423 e. The summed E-state index contributed by atoms with van der Waals surface area (Å²) in [7, 11) is -1.43. The molecule has 2 nitrogen and oxygen atoms in total. The van der Waals surface area contributed by atoms with Crippen molar-refractivity contribution in [3.63, 3.8) is 0 Å². The third-order valence-electron chi connectivity index (χ3n) is 4.53. The molecule has 0 heterocycles. The zero-order valence-electron chi connectivity index (χ0n) is 14.6. The van der Waals surface area contributed by atoms with Crippen molar-refractivity contribution in [1.82, 2.24) is 0 Å². The lowest BCUT2D eigenvalue weighted by atomic mass is 9.94. The predicted molar refractivity (Wildman–Crippen MR) is 108 cm³/mol. The van der Waals surface area contributed by atoms with Crippen LogP contribution in [0.25, 0.3) is 32.3 Å². The van der Waals surface area contributed by atoms with E-state index in [1.165, 1.54) is 37.5 Å². The molecule has 4 aromatic carbocycles. The molecule has 0 aliphatic rings. The average molecular weight is 345 g/mol. The summed E-state index contributed by atoms with van der Waals surface area (Å²) < 4.78 is 11.8. The molecule has 0 amide bonds. The summed E-state index contributed by atoms with van der Waals surface area (Å²) in [6.45, 7) is 5.39. The van der Waals surface area contributed by atoms with Gasteiger partial charge in [0, 0.05) is 13.2 Å². The Morgan fingerprint density at radius 1 is 0.600 bits per heavy atom. The molecular formula is C22H21O2Si. The first-order valence-corrected chi connectivity index (χ1v) is 10.1. The normalized spacial score (nSPS) is 11.8. The van der Waals surface area contributed by atoms with Gasteiger partial charge in [-0.05, 0) is 57.4 Å². The molecule has 0 fully saturated rings. The molecule has 0 unspecified atom stereocenters. The van der Waals surface area contributed by atoms with Crippen LogP contribution in [0.15, 0.2) is 66.7 Å². The zero-order chi connectivity index (χ0) is 17.2. The molecule has 0 aromatic heterocycles. The van der Waals surface area contributed by atoms with E-state index >= 15 is 0 Å². The lowest BCUT2D eigenvalue weighted by Gasteiger charge is -2.16. The van der Waals surface area contributed by atoms with E-state index < -0.39 is 9.28 Å². The van der Waals surface area contributed by atoms with Crippen molar-refractivity contribution < 1.29 is 8.85 Å². The second-order valence-corrected chi connectivity index (χ2v) is 7.73. The Morgan fingerprint density at radius 3 is 1.52 bits per heavy atom. The summed E-state index contributed by atoms with van der Waals surface area (Å²) in [5, 5.41) is 8.90. The van der Waals surface area contributed by atoms with E-state index in [0.717, 1.165) is 0 Å². The van der Waals surface area contributed by atoms with E-state index in [9.17, 15) is 0 Å². The smallest absolute Gasteiger partial charge is 0.390 e. The van der Waals surface area contributed by atoms with Crippen LogP contribution in [0.4, 0.5) is 0 Å². The molecule has 0 saturated heterocycles. The van der Waals surface area contributed by atoms with Crippen molar-refractivity contribution in [2.45, 2.75) is 13.8 Å². The Balaban J connectivity index is 2.04. The highest BCUT2D eigenvalue weighted by molar-refractivity contribution is 6.61. The monoisotopic (exact) mass is 345 g/mol. The van der Waals surface area contributed by atoms with E-state index in [0.29, 0.717) is 13.2 Å². The van der Waals surface area contributed by atoms with Crippen LogP contribution in [0.2, 0.25) is 0 Å². The number of benzene rings is 4. The maximum Gasteiger partial charge on any atom is 0.423 e.